The Kier molecular flexibility index (Phi) is 6.73. The average Bonchev–Trinajstić information content (AvgIpc) is 3.24. The van der Waals surface area contributed by atoms with Gasteiger partial charge in [0.25, 0.3) is 0 Å². The molecule has 32 heavy (non-hydrogen) atoms. The number of urea groups is 1. The Labute approximate surface area is 194 Å². The number of hydrogen-bond acceptors (Lipinski definition) is 7. The Morgan fingerprint density at radius 1 is 1.22 bits per heavy atom. The number of anilines is 1. The number of nitrogens with one attached hydrogen (secondary N) is 2. The fourth-order valence-electron chi connectivity index (χ4n) is 3.22. The van der Waals surface area contributed by atoms with Gasteiger partial charge in [0.2, 0.25) is 0 Å². The van der Waals surface area contributed by atoms with Crippen LogP contribution in [0.5, 0.6) is 11.5 Å². The molecule has 3 aromatic rings. The van der Waals surface area contributed by atoms with Gasteiger partial charge in [0.15, 0.2) is 11.5 Å². The van der Waals surface area contributed by atoms with Gasteiger partial charge in [-0.25, -0.2) is 4.79 Å². The molecule has 0 saturated heterocycles. The molecule has 0 radical (unpaired) electrons. The largest absolute Gasteiger partial charge is 0.493 e. The molecule has 0 fully saturated rings. The van der Waals surface area contributed by atoms with Gasteiger partial charge in [-0.05, 0) is 36.8 Å². The summed E-state index contributed by atoms with van der Waals surface area (Å²) in [5.41, 5.74) is 1.90. The summed E-state index contributed by atoms with van der Waals surface area (Å²) >= 11 is 3.23. The molecule has 4 rings (SSSR count). The molecule has 1 unspecified atom stereocenters. The summed E-state index contributed by atoms with van der Waals surface area (Å²) in [6, 6.07) is 14.3. The summed E-state index contributed by atoms with van der Waals surface area (Å²) in [4.78, 5) is 17.9. The molecule has 162 valence electrons. The van der Waals surface area contributed by atoms with Gasteiger partial charge in [0.05, 0.1) is 36.7 Å². The van der Waals surface area contributed by atoms with Crippen LogP contribution in [-0.4, -0.2) is 30.6 Å². The maximum atomic E-state index is 12.4. The Hall–Kier alpha value is -3.35. The molecule has 2 aromatic carbocycles. The van der Waals surface area contributed by atoms with Crippen LogP contribution in [0, 0.1) is 11.3 Å². The van der Waals surface area contributed by atoms with E-state index in [9.17, 15) is 4.79 Å². The van der Waals surface area contributed by atoms with E-state index in [1.807, 2.05) is 18.2 Å². The fraction of sp³-hybridized carbons (Fsp3) is 0.174. The van der Waals surface area contributed by atoms with E-state index >= 15 is 0 Å². The Morgan fingerprint density at radius 3 is 2.81 bits per heavy atom. The maximum absolute atomic E-state index is 12.4. The minimum atomic E-state index is -0.302. The van der Waals surface area contributed by atoms with Gasteiger partial charge >= 0.3 is 6.03 Å². The number of pyridine rings is 1. The highest BCUT2D eigenvalue weighted by Gasteiger charge is 2.21. The second kappa shape index (κ2) is 9.85. The van der Waals surface area contributed by atoms with E-state index in [4.69, 9.17) is 14.7 Å². The van der Waals surface area contributed by atoms with Crippen molar-refractivity contribution in [3.05, 3.63) is 64.5 Å². The summed E-state index contributed by atoms with van der Waals surface area (Å²) in [6.45, 7) is 0. The van der Waals surface area contributed by atoms with E-state index in [1.54, 1.807) is 68.2 Å². The van der Waals surface area contributed by atoms with Crippen molar-refractivity contribution >= 4 is 46.1 Å². The zero-order chi connectivity index (χ0) is 22.5. The first kappa shape index (κ1) is 21.9. The van der Waals surface area contributed by atoms with Gasteiger partial charge in [-0.3, -0.25) is 4.98 Å². The zero-order valence-corrected chi connectivity index (χ0v) is 19.0. The van der Waals surface area contributed by atoms with Crippen LogP contribution in [-0.2, 0) is 0 Å². The molecular weight excluding hydrogens is 444 g/mol. The number of methoxy groups -OCH3 is 2. The SMILES string of the molecule is COc1cc2nccc(SC3=CCC(NC(=O)Nc4cccc(C#N)c4)S3)c2cc1OC. The van der Waals surface area contributed by atoms with Crippen molar-refractivity contribution < 1.29 is 14.3 Å². The lowest BCUT2D eigenvalue weighted by molar-refractivity contribution is 0.251. The maximum Gasteiger partial charge on any atom is 0.320 e. The van der Waals surface area contributed by atoms with Crippen molar-refractivity contribution in [1.29, 1.82) is 5.26 Å². The molecule has 2 heterocycles. The smallest absolute Gasteiger partial charge is 0.320 e. The highest BCUT2D eigenvalue weighted by molar-refractivity contribution is 8.22. The predicted molar refractivity (Wildman–Crippen MR) is 128 cm³/mol. The molecule has 2 amide bonds. The van der Waals surface area contributed by atoms with Crippen LogP contribution in [0.25, 0.3) is 10.9 Å². The normalized spacial score (nSPS) is 15.0. The molecule has 1 aromatic heterocycles. The number of benzene rings is 2. The molecule has 7 nitrogen and oxygen atoms in total. The molecule has 9 heteroatoms. The van der Waals surface area contributed by atoms with Gasteiger partial charge in [-0.15, -0.1) is 0 Å². The summed E-state index contributed by atoms with van der Waals surface area (Å²) in [5.74, 6) is 1.29. The lowest BCUT2D eigenvalue weighted by Gasteiger charge is -2.14. The van der Waals surface area contributed by atoms with Crippen molar-refractivity contribution in [2.45, 2.75) is 16.7 Å². The van der Waals surface area contributed by atoms with E-state index < -0.39 is 0 Å². The number of aromatic nitrogens is 1. The molecule has 1 atom stereocenters. The first-order chi connectivity index (χ1) is 15.6. The summed E-state index contributed by atoms with van der Waals surface area (Å²) in [7, 11) is 3.21. The van der Waals surface area contributed by atoms with E-state index in [1.165, 1.54) is 0 Å². The van der Waals surface area contributed by atoms with E-state index in [-0.39, 0.29) is 11.4 Å². The number of carbonyl (C=O) groups is 1. The number of fused-ring (bicyclic) bond motifs is 1. The van der Waals surface area contributed by atoms with Crippen molar-refractivity contribution in [2.24, 2.45) is 0 Å². The summed E-state index contributed by atoms with van der Waals surface area (Å²) in [6.07, 6.45) is 4.61. The Morgan fingerprint density at radius 2 is 2.03 bits per heavy atom. The predicted octanol–water partition coefficient (Wildman–Crippen LogP) is 5.34. The van der Waals surface area contributed by atoms with Crippen LogP contribution in [0.3, 0.4) is 0 Å². The average molecular weight is 465 g/mol. The Bertz CT molecular complexity index is 1240. The molecule has 1 aliphatic heterocycles. The first-order valence-corrected chi connectivity index (χ1v) is 11.4. The second-order valence-corrected chi connectivity index (χ2v) is 9.38. The topological polar surface area (TPSA) is 96.3 Å². The molecule has 0 bridgehead atoms. The zero-order valence-electron chi connectivity index (χ0n) is 17.4. The number of hydrogen-bond donors (Lipinski definition) is 2. The lowest BCUT2D eigenvalue weighted by Crippen LogP contribution is -2.34. The third-order valence-corrected chi connectivity index (χ3v) is 7.19. The van der Waals surface area contributed by atoms with Crippen molar-refractivity contribution in [3.8, 4) is 17.6 Å². The highest BCUT2D eigenvalue weighted by atomic mass is 32.2. The fourth-order valence-corrected chi connectivity index (χ4v) is 5.66. The monoisotopic (exact) mass is 464 g/mol. The highest BCUT2D eigenvalue weighted by Crippen LogP contribution is 2.45. The lowest BCUT2D eigenvalue weighted by atomic mass is 10.2. The summed E-state index contributed by atoms with van der Waals surface area (Å²) in [5, 5.41) is 15.6. The van der Waals surface area contributed by atoms with Gasteiger partial charge < -0.3 is 20.1 Å². The number of amides is 2. The van der Waals surface area contributed by atoms with E-state index in [0.29, 0.717) is 22.7 Å². The standard InChI is InChI=1S/C23H20N4O3S2/c1-29-18-11-16-17(12-19(18)30-2)25-9-8-20(16)31-22-7-6-21(32-22)27-23(28)26-15-5-3-4-14(10-15)13-24/h3-5,7-12,21H,6H2,1-2H3,(H2,26,27,28). The summed E-state index contributed by atoms with van der Waals surface area (Å²) < 4.78 is 11.9. The third kappa shape index (κ3) is 4.93. The van der Waals surface area contributed by atoms with Gasteiger partial charge in [0, 0.05) is 32.5 Å². The van der Waals surface area contributed by atoms with Crippen LogP contribution in [0.15, 0.2) is 63.9 Å². The molecule has 1 aliphatic rings. The van der Waals surface area contributed by atoms with Crippen LogP contribution in [0.2, 0.25) is 0 Å². The van der Waals surface area contributed by atoms with Crippen molar-refractivity contribution in [1.82, 2.24) is 10.3 Å². The number of nitriles is 1. The van der Waals surface area contributed by atoms with Crippen LogP contribution in [0.1, 0.15) is 12.0 Å². The number of carbonyl (C=O) groups excluding carboxylic acids is 1. The minimum Gasteiger partial charge on any atom is -0.493 e. The van der Waals surface area contributed by atoms with Crippen molar-refractivity contribution in [2.75, 3.05) is 19.5 Å². The number of nitrogens with zero attached hydrogens (tertiary/aromatic N) is 2. The molecule has 0 saturated carbocycles. The molecule has 0 spiro atoms. The molecular formula is C23H20N4O3S2. The minimum absolute atomic E-state index is 0.0700. The Balaban J connectivity index is 1.40. The quantitative estimate of drug-likeness (QED) is 0.508. The van der Waals surface area contributed by atoms with E-state index in [0.717, 1.165) is 26.5 Å². The van der Waals surface area contributed by atoms with Gasteiger partial charge in [0.1, 0.15) is 0 Å². The van der Waals surface area contributed by atoms with Crippen LogP contribution in [0.4, 0.5) is 10.5 Å². The van der Waals surface area contributed by atoms with Gasteiger partial charge in [-0.1, -0.05) is 35.7 Å². The number of rotatable bonds is 6. The van der Waals surface area contributed by atoms with Gasteiger partial charge in [-0.2, -0.15) is 5.26 Å². The molecule has 0 aliphatic carbocycles. The number of thioether (sulfide) groups is 2. The van der Waals surface area contributed by atoms with Crippen molar-refractivity contribution in [3.63, 3.8) is 0 Å². The number of ether oxygens (including phenoxy) is 2. The van der Waals surface area contributed by atoms with Crippen LogP contribution < -0.4 is 20.1 Å². The van der Waals surface area contributed by atoms with Crippen LogP contribution >= 0.6 is 23.5 Å². The third-order valence-electron chi connectivity index (χ3n) is 4.72. The molecule has 2 N–H and O–H groups in total. The second-order valence-electron chi connectivity index (χ2n) is 6.79. The van der Waals surface area contributed by atoms with E-state index in [2.05, 4.69) is 27.8 Å². The first-order valence-electron chi connectivity index (χ1n) is 9.72.